The molecule has 2 heterocycles. The standard InChI is InChI=1S/C23H30ClN3O5/c1-5-31-23(28)27-8-6-18(7-9-27)25-13-17-10-16-11-20(29-3)21(30-4)12-19(16)26-22(17)32-14-15(2)24/h10-12,18,25H,2,5-9,13-14H2,1,3-4H3. The second-order valence-corrected chi connectivity index (χ2v) is 8.03. The molecule has 0 spiro atoms. The van der Waals surface area contributed by atoms with E-state index in [0.29, 0.717) is 48.7 Å². The fourth-order valence-electron chi connectivity index (χ4n) is 3.66. The van der Waals surface area contributed by atoms with Gasteiger partial charge in [0.15, 0.2) is 11.5 Å². The Kier molecular flexibility index (Phi) is 8.41. The third-order valence-electron chi connectivity index (χ3n) is 5.33. The van der Waals surface area contributed by atoms with Crippen molar-refractivity contribution in [2.24, 2.45) is 0 Å². The van der Waals surface area contributed by atoms with E-state index in [0.717, 1.165) is 29.3 Å². The van der Waals surface area contributed by atoms with Crippen LogP contribution in [0, 0.1) is 0 Å². The number of likely N-dealkylation sites (tertiary alicyclic amines) is 1. The molecule has 1 N–H and O–H groups in total. The highest BCUT2D eigenvalue weighted by atomic mass is 35.5. The number of halogens is 1. The van der Waals surface area contributed by atoms with Crippen molar-refractivity contribution in [3.05, 3.63) is 35.4 Å². The minimum atomic E-state index is -0.244. The van der Waals surface area contributed by atoms with E-state index >= 15 is 0 Å². The smallest absolute Gasteiger partial charge is 0.409 e. The van der Waals surface area contributed by atoms with Crippen LogP contribution in [-0.2, 0) is 11.3 Å². The van der Waals surface area contributed by atoms with E-state index in [1.54, 1.807) is 19.1 Å². The molecule has 2 aromatic rings. The van der Waals surface area contributed by atoms with Crippen molar-refractivity contribution < 1.29 is 23.7 Å². The first-order valence-corrected chi connectivity index (χ1v) is 11.0. The molecule has 1 aromatic carbocycles. The number of aromatic nitrogens is 1. The minimum absolute atomic E-state index is 0.165. The number of amides is 1. The largest absolute Gasteiger partial charge is 0.493 e. The van der Waals surface area contributed by atoms with Crippen LogP contribution in [-0.4, -0.2) is 62.5 Å². The van der Waals surface area contributed by atoms with Crippen LogP contribution in [0.1, 0.15) is 25.3 Å². The Labute approximate surface area is 193 Å². The van der Waals surface area contributed by atoms with E-state index in [1.807, 2.05) is 25.1 Å². The number of hydrogen-bond acceptors (Lipinski definition) is 7. The Morgan fingerprint density at radius 2 is 1.91 bits per heavy atom. The van der Waals surface area contributed by atoms with Crippen molar-refractivity contribution in [1.82, 2.24) is 15.2 Å². The number of rotatable bonds is 9. The monoisotopic (exact) mass is 463 g/mol. The topological polar surface area (TPSA) is 82.2 Å². The summed E-state index contributed by atoms with van der Waals surface area (Å²) in [7, 11) is 3.19. The second kappa shape index (κ2) is 11.2. The highest BCUT2D eigenvalue weighted by Crippen LogP contribution is 2.33. The zero-order valence-corrected chi connectivity index (χ0v) is 19.5. The molecule has 174 valence electrons. The molecule has 0 atom stereocenters. The molecule has 9 heteroatoms. The number of ether oxygens (including phenoxy) is 4. The second-order valence-electron chi connectivity index (χ2n) is 7.50. The normalized spacial score (nSPS) is 14.3. The number of benzene rings is 1. The summed E-state index contributed by atoms with van der Waals surface area (Å²) in [5.74, 6) is 1.72. The van der Waals surface area contributed by atoms with E-state index in [9.17, 15) is 4.79 Å². The number of carbonyl (C=O) groups excluding carboxylic acids is 1. The van der Waals surface area contributed by atoms with E-state index < -0.39 is 0 Å². The predicted octanol–water partition coefficient (Wildman–Crippen LogP) is 4.09. The molecule has 0 bridgehead atoms. The highest BCUT2D eigenvalue weighted by Gasteiger charge is 2.23. The van der Waals surface area contributed by atoms with Gasteiger partial charge in [-0.3, -0.25) is 0 Å². The van der Waals surface area contributed by atoms with Crippen molar-refractivity contribution >= 4 is 28.6 Å². The van der Waals surface area contributed by atoms with E-state index in [-0.39, 0.29) is 18.7 Å². The van der Waals surface area contributed by atoms with Crippen molar-refractivity contribution in [2.45, 2.75) is 32.4 Å². The third kappa shape index (κ3) is 5.95. The van der Waals surface area contributed by atoms with Gasteiger partial charge in [0.25, 0.3) is 0 Å². The molecule has 1 saturated heterocycles. The van der Waals surface area contributed by atoms with Crippen LogP contribution in [0.2, 0.25) is 0 Å². The van der Waals surface area contributed by atoms with Crippen LogP contribution in [0.15, 0.2) is 29.8 Å². The van der Waals surface area contributed by atoms with Crippen molar-refractivity contribution in [3.8, 4) is 17.4 Å². The van der Waals surface area contributed by atoms with Crippen LogP contribution in [0.4, 0.5) is 4.79 Å². The van der Waals surface area contributed by atoms with Crippen LogP contribution in [0.3, 0.4) is 0 Å². The van der Waals surface area contributed by atoms with Gasteiger partial charge < -0.3 is 29.2 Å². The summed E-state index contributed by atoms with van der Waals surface area (Å²) in [6.45, 7) is 7.94. The zero-order chi connectivity index (χ0) is 23.1. The number of methoxy groups -OCH3 is 2. The molecule has 1 aliphatic rings. The van der Waals surface area contributed by atoms with Gasteiger partial charge >= 0.3 is 6.09 Å². The first-order chi connectivity index (χ1) is 15.4. The number of pyridine rings is 1. The molecule has 0 unspecified atom stereocenters. The average molecular weight is 464 g/mol. The Morgan fingerprint density at radius 3 is 2.53 bits per heavy atom. The van der Waals surface area contributed by atoms with Crippen molar-refractivity contribution in [1.29, 1.82) is 0 Å². The number of nitrogens with zero attached hydrogens (tertiary/aromatic N) is 2. The molecule has 0 saturated carbocycles. The van der Waals surface area contributed by atoms with Crippen LogP contribution in [0.25, 0.3) is 10.9 Å². The molecule has 1 aliphatic heterocycles. The number of hydrogen-bond donors (Lipinski definition) is 1. The highest BCUT2D eigenvalue weighted by molar-refractivity contribution is 6.29. The summed E-state index contributed by atoms with van der Waals surface area (Å²) >= 11 is 5.90. The Balaban J connectivity index is 1.75. The van der Waals surface area contributed by atoms with Gasteiger partial charge in [0, 0.05) is 47.7 Å². The Hall–Kier alpha value is -2.71. The van der Waals surface area contributed by atoms with E-state index in [4.69, 9.17) is 30.5 Å². The van der Waals surface area contributed by atoms with Gasteiger partial charge in [0.2, 0.25) is 5.88 Å². The summed E-state index contributed by atoms with van der Waals surface area (Å²) in [5.41, 5.74) is 1.62. The maximum atomic E-state index is 11.9. The molecule has 1 aromatic heterocycles. The average Bonchev–Trinajstić information content (AvgIpc) is 2.80. The maximum absolute atomic E-state index is 11.9. The first kappa shape index (κ1) is 23.9. The molecule has 0 radical (unpaired) electrons. The SMILES string of the molecule is C=C(Cl)COc1nc2cc(OC)c(OC)cc2cc1CNC1CCN(C(=O)OCC)CC1. The lowest BCUT2D eigenvalue weighted by Crippen LogP contribution is -2.44. The van der Waals surface area contributed by atoms with Gasteiger partial charge in [-0.15, -0.1) is 0 Å². The summed E-state index contributed by atoms with van der Waals surface area (Å²) < 4.78 is 21.7. The molecule has 1 fully saturated rings. The summed E-state index contributed by atoms with van der Waals surface area (Å²) in [5, 5.41) is 4.87. The quantitative estimate of drug-likeness (QED) is 0.599. The zero-order valence-electron chi connectivity index (χ0n) is 18.8. The molecular formula is C23H30ClN3O5. The van der Waals surface area contributed by atoms with Gasteiger partial charge in [0.05, 0.1) is 26.3 Å². The van der Waals surface area contributed by atoms with Crippen molar-refractivity contribution in [3.63, 3.8) is 0 Å². The van der Waals surface area contributed by atoms with Crippen molar-refractivity contribution in [2.75, 3.05) is 40.5 Å². The van der Waals surface area contributed by atoms with Crippen LogP contribution < -0.4 is 19.5 Å². The van der Waals surface area contributed by atoms with E-state index in [2.05, 4.69) is 16.9 Å². The van der Waals surface area contributed by atoms with E-state index in [1.165, 1.54) is 0 Å². The van der Waals surface area contributed by atoms with Crippen LogP contribution >= 0.6 is 11.6 Å². The summed E-state index contributed by atoms with van der Waals surface area (Å²) in [4.78, 5) is 18.3. The van der Waals surface area contributed by atoms with Gasteiger partial charge in [0.1, 0.15) is 6.61 Å². The lowest BCUT2D eigenvalue weighted by molar-refractivity contribution is 0.0950. The Morgan fingerprint density at radius 1 is 1.22 bits per heavy atom. The molecule has 32 heavy (non-hydrogen) atoms. The molecular weight excluding hydrogens is 434 g/mol. The molecule has 3 rings (SSSR count). The number of fused-ring (bicyclic) bond motifs is 1. The fraction of sp³-hybridized carbons (Fsp3) is 0.478. The lowest BCUT2D eigenvalue weighted by Gasteiger charge is -2.31. The predicted molar refractivity (Wildman–Crippen MR) is 124 cm³/mol. The first-order valence-electron chi connectivity index (χ1n) is 10.6. The van der Waals surface area contributed by atoms with Gasteiger partial charge in [-0.05, 0) is 31.9 Å². The van der Waals surface area contributed by atoms with Gasteiger partial charge in [-0.1, -0.05) is 18.2 Å². The fourth-order valence-corrected chi connectivity index (χ4v) is 3.72. The summed E-state index contributed by atoms with van der Waals surface area (Å²) in [6, 6.07) is 6.01. The van der Waals surface area contributed by atoms with Crippen LogP contribution in [0.5, 0.6) is 17.4 Å². The summed E-state index contributed by atoms with van der Waals surface area (Å²) in [6.07, 6.45) is 1.45. The molecule has 8 nitrogen and oxygen atoms in total. The number of piperidine rings is 1. The molecule has 0 aliphatic carbocycles. The minimum Gasteiger partial charge on any atom is -0.493 e. The maximum Gasteiger partial charge on any atom is 0.409 e. The Bertz CT molecular complexity index is 960. The van der Waals surface area contributed by atoms with Gasteiger partial charge in [-0.25, -0.2) is 9.78 Å². The number of carbonyl (C=O) groups is 1. The molecule has 1 amide bonds. The number of nitrogens with one attached hydrogen (secondary N) is 1. The third-order valence-corrected chi connectivity index (χ3v) is 5.44. The van der Waals surface area contributed by atoms with Gasteiger partial charge in [-0.2, -0.15) is 0 Å². The lowest BCUT2D eigenvalue weighted by atomic mass is 10.0.